The van der Waals surface area contributed by atoms with Crippen LogP contribution < -0.4 is 0 Å². The number of piperidine rings is 1. The summed E-state index contributed by atoms with van der Waals surface area (Å²) in [6, 6.07) is 8.75. The molecule has 1 amide bonds. The van der Waals surface area contributed by atoms with E-state index < -0.39 is 11.0 Å². The molecule has 1 saturated heterocycles. The van der Waals surface area contributed by atoms with Crippen LogP contribution in [0.1, 0.15) is 39.7 Å². The van der Waals surface area contributed by atoms with Gasteiger partial charge >= 0.3 is 6.09 Å². The number of nitrogens with zero attached hydrogens (tertiary/aromatic N) is 2. The Bertz CT molecular complexity index is 630. The molecular formula is C19H25FN2O2. The molecule has 0 aromatic heterocycles. The minimum atomic E-state index is -0.545. The second-order valence-electron chi connectivity index (χ2n) is 7.65. The number of benzene rings is 1. The molecule has 0 saturated carbocycles. The first-order chi connectivity index (χ1) is 11.1. The van der Waals surface area contributed by atoms with E-state index in [4.69, 9.17) is 4.74 Å². The molecule has 0 aliphatic carbocycles. The number of likely N-dealkylation sites (tertiary alicyclic amines) is 1. The van der Waals surface area contributed by atoms with Crippen LogP contribution in [0.5, 0.6) is 0 Å². The van der Waals surface area contributed by atoms with Crippen LogP contribution in [0.4, 0.5) is 9.18 Å². The number of halogens is 1. The Kier molecular flexibility index (Phi) is 5.17. The van der Waals surface area contributed by atoms with Gasteiger partial charge in [0, 0.05) is 13.1 Å². The van der Waals surface area contributed by atoms with Crippen molar-refractivity contribution in [1.82, 2.24) is 4.90 Å². The monoisotopic (exact) mass is 332 g/mol. The van der Waals surface area contributed by atoms with Gasteiger partial charge in [0.1, 0.15) is 11.4 Å². The number of hydrogen-bond acceptors (Lipinski definition) is 3. The highest BCUT2D eigenvalue weighted by molar-refractivity contribution is 5.68. The lowest BCUT2D eigenvalue weighted by Gasteiger charge is -2.42. The van der Waals surface area contributed by atoms with E-state index >= 15 is 0 Å². The van der Waals surface area contributed by atoms with Gasteiger partial charge in [-0.05, 0) is 57.2 Å². The van der Waals surface area contributed by atoms with Gasteiger partial charge in [-0.1, -0.05) is 19.1 Å². The van der Waals surface area contributed by atoms with E-state index in [1.165, 1.54) is 12.1 Å². The van der Waals surface area contributed by atoms with Crippen molar-refractivity contribution < 1.29 is 13.9 Å². The van der Waals surface area contributed by atoms with Gasteiger partial charge in [0.25, 0.3) is 0 Å². The van der Waals surface area contributed by atoms with Gasteiger partial charge in [-0.3, -0.25) is 0 Å². The van der Waals surface area contributed by atoms with Crippen LogP contribution in [-0.4, -0.2) is 29.7 Å². The number of nitriles is 1. The lowest BCUT2D eigenvalue weighted by atomic mass is 9.68. The zero-order valence-electron chi connectivity index (χ0n) is 14.8. The summed E-state index contributed by atoms with van der Waals surface area (Å²) in [5.41, 5.74) is -0.135. The molecule has 1 aliphatic heterocycles. The lowest BCUT2D eigenvalue weighted by Crippen LogP contribution is -2.50. The Labute approximate surface area is 143 Å². The summed E-state index contributed by atoms with van der Waals surface area (Å²) in [5, 5.41) is 9.78. The van der Waals surface area contributed by atoms with Crippen LogP contribution in [0, 0.1) is 28.5 Å². The third-order valence-corrected chi connectivity index (χ3v) is 4.57. The van der Waals surface area contributed by atoms with Crippen molar-refractivity contribution in [2.45, 2.75) is 46.1 Å². The maximum atomic E-state index is 13.1. The quantitative estimate of drug-likeness (QED) is 0.817. The number of ether oxygens (including phenoxy) is 1. The van der Waals surface area contributed by atoms with Crippen LogP contribution in [0.25, 0.3) is 0 Å². The molecular weight excluding hydrogens is 307 g/mol. The molecule has 1 aromatic carbocycles. The second-order valence-corrected chi connectivity index (χ2v) is 7.65. The van der Waals surface area contributed by atoms with E-state index in [9.17, 15) is 14.4 Å². The van der Waals surface area contributed by atoms with E-state index in [-0.39, 0.29) is 17.8 Å². The predicted octanol–water partition coefficient (Wildman–Crippen LogP) is 4.16. The molecule has 1 heterocycles. The van der Waals surface area contributed by atoms with E-state index in [1.807, 2.05) is 27.7 Å². The molecule has 5 heteroatoms. The molecule has 0 bridgehead atoms. The van der Waals surface area contributed by atoms with Gasteiger partial charge < -0.3 is 9.64 Å². The Morgan fingerprint density at radius 2 is 2.04 bits per heavy atom. The molecule has 0 radical (unpaired) electrons. The van der Waals surface area contributed by atoms with Crippen molar-refractivity contribution in [3.63, 3.8) is 0 Å². The summed E-state index contributed by atoms with van der Waals surface area (Å²) in [6.07, 6.45) is 0.816. The molecule has 1 aliphatic rings. The van der Waals surface area contributed by atoms with Gasteiger partial charge in [0.2, 0.25) is 0 Å². The molecule has 24 heavy (non-hydrogen) atoms. The van der Waals surface area contributed by atoms with Crippen molar-refractivity contribution in [2.75, 3.05) is 13.1 Å². The summed E-state index contributed by atoms with van der Waals surface area (Å²) in [7, 11) is 0. The molecule has 2 unspecified atom stereocenters. The van der Waals surface area contributed by atoms with Gasteiger partial charge in [-0.2, -0.15) is 5.26 Å². The number of carbonyl (C=O) groups is 1. The molecule has 1 aromatic rings. The van der Waals surface area contributed by atoms with Crippen LogP contribution in [0.3, 0.4) is 0 Å². The van der Waals surface area contributed by atoms with Crippen LogP contribution in [0.2, 0.25) is 0 Å². The predicted molar refractivity (Wildman–Crippen MR) is 89.7 cm³/mol. The third kappa shape index (κ3) is 4.25. The van der Waals surface area contributed by atoms with Crippen molar-refractivity contribution >= 4 is 6.09 Å². The minimum Gasteiger partial charge on any atom is -0.444 e. The first kappa shape index (κ1) is 18.3. The summed E-state index contributed by atoms with van der Waals surface area (Å²) in [6.45, 7) is 8.49. The first-order valence-electron chi connectivity index (χ1n) is 8.29. The van der Waals surface area contributed by atoms with Crippen molar-refractivity contribution in [2.24, 2.45) is 11.3 Å². The third-order valence-electron chi connectivity index (χ3n) is 4.57. The Morgan fingerprint density at radius 3 is 2.54 bits per heavy atom. The molecule has 4 nitrogen and oxygen atoms in total. The SMILES string of the molecule is CC1CN(C(=O)OC(C)(C)C)CCC1(C#N)Cc1ccc(F)cc1. The van der Waals surface area contributed by atoms with Gasteiger partial charge in [0.05, 0.1) is 11.5 Å². The van der Waals surface area contributed by atoms with Crippen LogP contribution in [0.15, 0.2) is 24.3 Å². The Hall–Kier alpha value is -2.09. The summed E-state index contributed by atoms with van der Waals surface area (Å²) in [5.74, 6) is -0.272. The van der Waals surface area contributed by atoms with Crippen molar-refractivity contribution in [1.29, 1.82) is 5.26 Å². The molecule has 2 rings (SSSR count). The average Bonchev–Trinajstić information content (AvgIpc) is 2.50. The first-order valence-corrected chi connectivity index (χ1v) is 8.29. The zero-order chi connectivity index (χ0) is 18.0. The molecule has 1 fully saturated rings. The summed E-state index contributed by atoms with van der Waals surface area (Å²) in [4.78, 5) is 13.9. The standard InChI is InChI=1S/C19H25FN2O2/c1-14-12-22(17(23)24-18(2,3)4)10-9-19(14,13-21)11-15-5-7-16(20)8-6-15/h5-8,14H,9-12H2,1-4H3. The van der Waals surface area contributed by atoms with Crippen LogP contribution in [-0.2, 0) is 11.2 Å². The lowest BCUT2D eigenvalue weighted by molar-refractivity contribution is 0.00446. The highest BCUT2D eigenvalue weighted by Gasteiger charge is 2.43. The minimum absolute atomic E-state index is 0.00817. The maximum Gasteiger partial charge on any atom is 0.410 e. The van der Waals surface area contributed by atoms with E-state index in [2.05, 4.69) is 6.07 Å². The smallest absolute Gasteiger partial charge is 0.410 e. The fourth-order valence-corrected chi connectivity index (χ4v) is 3.10. The highest BCUT2D eigenvalue weighted by Crippen LogP contribution is 2.39. The fourth-order valence-electron chi connectivity index (χ4n) is 3.10. The van der Waals surface area contributed by atoms with Crippen molar-refractivity contribution in [3.05, 3.63) is 35.6 Å². The summed E-state index contributed by atoms with van der Waals surface area (Å²) < 4.78 is 18.5. The normalized spacial score (nSPS) is 24.3. The maximum absolute atomic E-state index is 13.1. The van der Waals surface area contributed by atoms with Gasteiger partial charge in [-0.15, -0.1) is 0 Å². The van der Waals surface area contributed by atoms with E-state index in [0.717, 1.165) is 5.56 Å². The summed E-state index contributed by atoms with van der Waals surface area (Å²) >= 11 is 0. The van der Waals surface area contributed by atoms with Crippen molar-refractivity contribution in [3.8, 4) is 6.07 Å². The molecule has 130 valence electrons. The van der Waals surface area contributed by atoms with Crippen LogP contribution >= 0.6 is 0 Å². The Morgan fingerprint density at radius 1 is 1.42 bits per heavy atom. The fraction of sp³-hybridized carbons (Fsp3) is 0.579. The van der Waals surface area contributed by atoms with E-state index in [1.54, 1.807) is 17.0 Å². The van der Waals surface area contributed by atoms with Gasteiger partial charge in [0.15, 0.2) is 0 Å². The number of carbonyl (C=O) groups excluding carboxylic acids is 1. The number of amides is 1. The topological polar surface area (TPSA) is 53.3 Å². The molecule has 2 atom stereocenters. The average molecular weight is 332 g/mol. The second kappa shape index (κ2) is 6.80. The highest BCUT2D eigenvalue weighted by atomic mass is 19.1. The van der Waals surface area contributed by atoms with E-state index in [0.29, 0.717) is 25.9 Å². The Balaban J connectivity index is 2.08. The molecule has 0 spiro atoms. The molecule has 0 N–H and O–H groups in total. The largest absolute Gasteiger partial charge is 0.444 e. The number of hydrogen-bond donors (Lipinski definition) is 0. The van der Waals surface area contributed by atoms with Gasteiger partial charge in [-0.25, -0.2) is 9.18 Å². The zero-order valence-corrected chi connectivity index (χ0v) is 14.8. The number of rotatable bonds is 2.